The van der Waals surface area contributed by atoms with Gasteiger partial charge in [0.05, 0.1) is 41.7 Å². The molecule has 0 spiro atoms. The van der Waals surface area contributed by atoms with Crippen molar-refractivity contribution in [1.82, 2.24) is 19.8 Å². The average molecular weight is 470 g/mol. The highest BCUT2D eigenvalue weighted by Crippen LogP contribution is 2.33. The minimum absolute atomic E-state index is 0.0660. The number of hydrogen-bond donors (Lipinski definition) is 2. The summed E-state index contributed by atoms with van der Waals surface area (Å²) in [6.45, 7) is 6.45. The number of anilines is 1. The first-order valence-electron chi connectivity index (χ1n) is 11.3. The molecule has 9 heteroatoms. The summed E-state index contributed by atoms with van der Waals surface area (Å²) in [5.41, 5.74) is 1.81. The Kier molecular flexibility index (Phi) is 5.76. The molecule has 1 atom stereocenters. The molecule has 2 saturated heterocycles. The Bertz CT molecular complexity index is 1220. The molecule has 2 aliphatic rings. The van der Waals surface area contributed by atoms with Gasteiger partial charge < -0.3 is 19.9 Å². The topological polar surface area (TPSA) is 90.6 Å². The van der Waals surface area contributed by atoms with Gasteiger partial charge in [0.1, 0.15) is 6.04 Å². The fourth-order valence-corrected chi connectivity index (χ4v) is 5.05. The maximum atomic E-state index is 13.4. The second-order valence-electron chi connectivity index (χ2n) is 9.49. The van der Waals surface area contributed by atoms with Gasteiger partial charge in [0.2, 0.25) is 11.8 Å². The van der Waals surface area contributed by atoms with Crippen LogP contribution in [-0.2, 0) is 14.3 Å². The lowest BCUT2D eigenvalue weighted by atomic mass is 10.0. The van der Waals surface area contributed by atoms with Crippen LogP contribution in [0.3, 0.4) is 0 Å². The molecule has 0 saturated carbocycles. The SMILES string of the molecule is CC1(C)CN(CC(=O)N2CCCC2)[C@H](C(=O)Nc2cc(Cl)cc3c2[nH]c2cnccc23)CO1. The van der Waals surface area contributed by atoms with Crippen LogP contribution in [-0.4, -0.2) is 76.0 Å². The molecule has 4 heterocycles. The van der Waals surface area contributed by atoms with Crippen LogP contribution in [0.4, 0.5) is 5.69 Å². The summed E-state index contributed by atoms with van der Waals surface area (Å²) in [7, 11) is 0. The van der Waals surface area contributed by atoms with E-state index in [9.17, 15) is 9.59 Å². The van der Waals surface area contributed by atoms with Crippen molar-refractivity contribution in [2.24, 2.45) is 0 Å². The van der Waals surface area contributed by atoms with Crippen molar-refractivity contribution in [1.29, 1.82) is 0 Å². The number of halogens is 1. The van der Waals surface area contributed by atoms with Gasteiger partial charge in [0, 0.05) is 41.6 Å². The number of amides is 2. The molecule has 0 unspecified atom stereocenters. The molecule has 2 N–H and O–H groups in total. The smallest absolute Gasteiger partial charge is 0.244 e. The number of nitrogens with one attached hydrogen (secondary N) is 2. The monoisotopic (exact) mass is 469 g/mol. The number of carbonyl (C=O) groups is 2. The first kappa shape index (κ1) is 22.1. The van der Waals surface area contributed by atoms with Crippen molar-refractivity contribution >= 4 is 50.9 Å². The number of carbonyl (C=O) groups excluding carboxylic acids is 2. The largest absolute Gasteiger partial charge is 0.372 e. The van der Waals surface area contributed by atoms with Crippen LogP contribution in [0.2, 0.25) is 5.02 Å². The van der Waals surface area contributed by atoms with E-state index in [4.69, 9.17) is 16.3 Å². The maximum absolute atomic E-state index is 13.4. The molecule has 2 aliphatic heterocycles. The Hall–Kier alpha value is -2.68. The number of rotatable bonds is 4. The molecule has 8 nitrogen and oxygen atoms in total. The average Bonchev–Trinajstić information content (AvgIpc) is 3.42. The maximum Gasteiger partial charge on any atom is 0.244 e. The number of nitrogens with zero attached hydrogens (tertiary/aromatic N) is 3. The predicted molar refractivity (Wildman–Crippen MR) is 128 cm³/mol. The van der Waals surface area contributed by atoms with Crippen LogP contribution in [0.25, 0.3) is 21.8 Å². The van der Waals surface area contributed by atoms with Crippen LogP contribution in [0.1, 0.15) is 26.7 Å². The fraction of sp³-hybridized carbons (Fsp3) is 0.458. The quantitative estimate of drug-likeness (QED) is 0.611. The van der Waals surface area contributed by atoms with Crippen LogP contribution >= 0.6 is 11.6 Å². The normalized spacial score (nSPS) is 21.1. The Labute approximate surface area is 197 Å². The van der Waals surface area contributed by atoms with Gasteiger partial charge in [-0.1, -0.05) is 11.6 Å². The second-order valence-corrected chi connectivity index (χ2v) is 9.93. The third kappa shape index (κ3) is 4.43. The molecular formula is C24H28ClN5O3. The van der Waals surface area contributed by atoms with Crippen LogP contribution in [0.5, 0.6) is 0 Å². The van der Waals surface area contributed by atoms with Crippen molar-refractivity contribution in [3.8, 4) is 0 Å². The first-order valence-corrected chi connectivity index (χ1v) is 11.7. The standard InChI is InChI=1S/C24H28ClN5O3/c1-24(2)14-30(12-21(31)29-7-3-4-8-29)20(13-33-24)23(32)28-18-10-15(25)9-17-16-5-6-26-11-19(16)27-22(17)18/h5-6,9-11,20,27H,3-4,7-8,12-14H2,1-2H3,(H,28,32)/t20-/m0/s1. The highest BCUT2D eigenvalue weighted by Gasteiger charge is 2.39. The third-order valence-corrected chi connectivity index (χ3v) is 6.71. The van der Waals surface area contributed by atoms with Gasteiger partial charge >= 0.3 is 0 Å². The van der Waals surface area contributed by atoms with E-state index < -0.39 is 11.6 Å². The zero-order valence-electron chi connectivity index (χ0n) is 18.9. The summed E-state index contributed by atoms with van der Waals surface area (Å²) >= 11 is 6.39. The number of likely N-dealkylation sites (tertiary alicyclic amines) is 1. The van der Waals surface area contributed by atoms with Gasteiger partial charge in [-0.25, -0.2) is 0 Å². The highest BCUT2D eigenvalue weighted by atomic mass is 35.5. The van der Waals surface area contributed by atoms with E-state index in [-0.39, 0.29) is 25.0 Å². The van der Waals surface area contributed by atoms with E-state index in [0.29, 0.717) is 17.3 Å². The van der Waals surface area contributed by atoms with E-state index in [1.165, 1.54) is 0 Å². The zero-order chi connectivity index (χ0) is 23.2. The van der Waals surface area contributed by atoms with Crippen molar-refractivity contribution in [3.05, 3.63) is 35.6 Å². The molecule has 3 aromatic rings. The van der Waals surface area contributed by atoms with Crippen LogP contribution < -0.4 is 5.32 Å². The van der Waals surface area contributed by atoms with Gasteiger partial charge in [-0.2, -0.15) is 0 Å². The molecule has 2 fully saturated rings. The highest BCUT2D eigenvalue weighted by molar-refractivity contribution is 6.33. The lowest BCUT2D eigenvalue weighted by Crippen LogP contribution is -2.60. The summed E-state index contributed by atoms with van der Waals surface area (Å²) in [5, 5.41) is 5.46. The van der Waals surface area contributed by atoms with Gasteiger partial charge in [-0.3, -0.25) is 19.5 Å². The number of H-pyrrole nitrogens is 1. The number of fused-ring (bicyclic) bond motifs is 3. The molecule has 0 radical (unpaired) electrons. The Morgan fingerprint density at radius 1 is 1.27 bits per heavy atom. The van der Waals surface area contributed by atoms with E-state index in [1.54, 1.807) is 18.5 Å². The molecule has 5 rings (SSSR count). The molecule has 174 valence electrons. The molecular weight excluding hydrogens is 442 g/mol. The van der Waals surface area contributed by atoms with Gasteiger partial charge in [0.25, 0.3) is 0 Å². The Balaban J connectivity index is 1.41. The Morgan fingerprint density at radius 2 is 2.06 bits per heavy atom. The summed E-state index contributed by atoms with van der Waals surface area (Å²) in [6, 6.07) is 4.94. The summed E-state index contributed by atoms with van der Waals surface area (Å²) in [6.07, 6.45) is 5.55. The zero-order valence-corrected chi connectivity index (χ0v) is 19.6. The van der Waals surface area contributed by atoms with Crippen molar-refractivity contribution < 1.29 is 14.3 Å². The minimum atomic E-state index is -0.579. The molecule has 0 bridgehead atoms. The summed E-state index contributed by atoms with van der Waals surface area (Å²) in [4.78, 5) is 37.6. The van der Waals surface area contributed by atoms with Crippen molar-refractivity contribution in [2.45, 2.75) is 38.3 Å². The van der Waals surface area contributed by atoms with Gasteiger partial charge in [0.15, 0.2) is 0 Å². The predicted octanol–water partition coefficient (Wildman–Crippen LogP) is 3.41. The Morgan fingerprint density at radius 3 is 2.85 bits per heavy atom. The van der Waals surface area contributed by atoms with E-state index >= 15 is 0 Å². The summed E-state index contributed by atoms with van der Waals surface area (Å²) in [5.74, 6) is -0.156. The summed E-state index contributed by atoms with van der Waals surface area (Å²) < 4.78 is 5.96. The number of morpholine rings is 1. The number of ether oxygens (including phenoxy) is 1. The minimum Gasteiger partial charge on any atom is -0.372 e. The van der Waals surface area contributed by atoms with Crippen LogP contribution in [0, 0.1) is 0 Å². The number of pyridine rings is 1. The first-order chi connectivity index (χ1) is 15.8. The molecule has 2 aromatic heterocycles. The van der Waals surface area contributed by atoms with Crippen LogP contribution in [0.15, 0.2) is 30.6 Å². The third-order valence-electron chi connectivity index (χ3n) is 6.49. The lowest BCUT2D eigenvalue weighted by Gasteiger charge is -2.42. The fourth-order valence-electron chi connectivity index (χ4n) is 4.83. The molecule has 33 heavy (non-hydrogen) atoms. The second kappa shape index (κ2) is 8.59. The van der Waals surface area contributed by atoms with Gasteiger partial charge in [-0.05, 0) is 44.9 Å². The number of aromatic nitrogens is 2. The van der Waals surface area contributed by atoms with E-state index in [1.807, 2.05) is 35.8 Å². The van der Waals surface area contributed by atoms with Gasteiger partial charge in [-0.15, -0.1) is 0 Å². The number of aromatic amines is 1. The van der Waals surface area contributed by atoms with E-state index in [2.05, 4.69) is 15.3 Å². The van der Waals surface area contributed by atoms with Crippen molar-refractivity contribution in [3.63, 3.8) is 0 Å². The van der Waals surface area contributed by atoms with Crippen molar-refractivity contribution in [2.75, 3.05) is 38.1 Å². The number of benzene rings is 1. The van der Waals surface area contributed by atoms with E-state index in [0.717, 1.165) is 47.7 Å². The molecule has 2 amide bonds. The number of hydrogen-bond acceptors (Lipinski definition) is 5. The lowest BCUT2D eigenvalue weighted by molar-refractivity contribution is -0.149. The molecule has 0 aliphatic carbocycles. The molecule has 1 aromatic carbocycles.